The third kappa shape index (κ3) is 2.66. The molecule has 1 rings (SSSR count). The van der Waals surface area contributed by atoms with E-state index in [1.54, 1.807) is 0 Å². The molecule has 0 aliphatic rings. The fourth-order valence-electron chi connectivity index (χ4n) is 1.40. The Morgan fingerprint density at radius 2 is 2.00 bits per heavy atom. The summed E-state index contributed by atoms with van der Waals surface area (Å²) in [6.07, 6.45) is -2.91. The topological polar surface area (TPSA) is 83.6 Å². The molecule has 16 heavy (non-hydrogen) atoms. The molecular weight excluding hydrogens is 220 g/mol. The summed E-state index contributed by atoms with van der Waals surface area (Å²) < 4.78 is 25.4. The Balaban J connectivity index is 3.07. The van der Waals surface area contributed by atoms with Crippen molar-refractivity contribution in [2.45, 2.75) is 18.4 Å². The Morgan fingerprint density at radius 3 is 2.44 bits per heavy atom. The van der Waals surface area contributed by atoms with Gasteiger partial charge >= 0.3 is 5.97 Å². The van der Waals surface area contributed by atoms with E-state index in [9.17, 15) is 13.6 Å². The Hall–Kier alpha value is -1.69. The average Bonchev–Trinajstić information content (AvgIpc) is 2.17. The van der Waals surface area contributed by atoms with Gasteiger partial charge in [0.15, 0.2) is 0 Å². The summed E-state index contributed by atoms with van der Waals surface area (Å²) >= 11 is 0. The first-order valence-corrected chi connectivity index (χ1v) is 4.49. The Bertz CT molecular complexity index is 384. The lowest BCUT2D eigenvalue weighted by atomic mass is 9.92. The molecule has 0 saturated carbocycles. The molecule has 0 aromatic heterocycles. The van der Waals surface area contributed by atoms with E-state index in [1.807, 2.05) is 0 Å². The first-order chi connectivity index (χ1) is 7.43. The summed E-state index contributed by atoms with van der Waals surface area (Å²) in [7, 11) is 0. The zero-order valence-electron chi connectivity index (χ0n) is 8.18. The van der Waals surface area contributed by atoms with Crippen LogP contribution in [0.15, 0.2) is 24.3 Å². The first kappa shape index (κ1) is 12.4. The molecule has 1 aromatic rings. The van der Waals surface area contributed by atoms with Crippen LogP contribution in [0.3, 0.4) is 0 Å². The standard InChI is InChI=1S/C10H11F2NO3/c11-9(12)7(8(13)10(15)16)5-2-1-3-6(14)4-5/h1-4,7-9,14H,13H2,(H,15,16)/t7-,8+/m1/s1. The van der Waals surface area contributed by atoms with Crippen LogP contribution >= 0.6 is 0 Å². The smallest absolute Gasteiger partial charge is 0.321 e. The van der Waals surface area contributed by atoms with Crippen LogP contribution in [0.4, 0.5) is 8.78 Å². The number of benzene rings is 1. The van der Waals surface area contributed by atoms with Gasteiger partial charge < -0.3 is 15.9 Å². The maximum atomic E-state index is 12.7. The lowest BCUT2D eigenvalue weighted by Crippen LogP contribution is -2.39. The van der Waals surface area contributed by atoms with Gasteiger partial charge in [-0.05, 0) is 17.7 Å². The van der Waals surface area contributed by atoms with Crippen LogP contribution in [0.1, 0.15) is 11.5 Å². The number of alkyl halides is 2. The summed E-state index contributed by atoms with van der Waals surface area (Å²) in [6, 6.07) is 3.34. The molecule has 0 heterocycles. The van der Waals surface area contributed by atoms with Gasteiger partial charge in [-0.15, -0.1) is 0 Å². The van der Waals surface area contributed by atoms with Crippen molar-refractivity contribution in [3.8, 4) is 5.75 Å². The predicted octanol–water partition coefficient (Wildman–Crippen LogP) is 1.15. The highest BCUT2D eigenvalue weighted by Crippen LogP contribution is 2.28. The molecule has 4 nitrogen and oxygen atoms in total. The maximum Gasteiger partial charge on any atom is 0.321 e. The number of phenolic OH excluding ortho intramolecular Hbond substituents is 1. The quantitative estimate of drug-likeness (QED) is 0.725. The number of halogens is 2. The number of rotatable bonds is 4. The Kier molecular flexibility index (Phi) is 3.78. The summed E-state index contributed by atoms with van der Waals surface area (Å²) in [5, 5.41) is 17.7. The highest BCUT2D eigenvalue weighted by atomic mass is 19.3. The minimum atomic E-state index is -2.91. The SMILES string of the molecule is N[C@H](C(=O)O)[C@@H](c1cccc(O)c1)C(F)F. The van der Waals surface area contributed by atoms with Gasteiger partial charge in [0.25, 0.3) is 0 Å². The number of aliphatic carboxylic acids is 1. The maximum absolute atomic E-state index is 12.7. The molecule has 0 amide bonds. The number of carbonyl (C=O) groups is 1. The molecule has 4 N–H and O–H groups in total. The van der Waals surface area contributed by atoms with Crippen molar-refractivity contribution < 1.29 is 23.8 Å². The normalized spacial score (nSPS) is 14.8. The van der Waals surface area contributed by atoms with Gasteiger partial charge in [-0.1, -0.05) is 12.1 Å². The lowest BCUT2D eigenvalue weighted by Gasteiger charge is -2.20. The third-order valence-corrected chi connectivity index (χ3v) is 2.20. The molecular formula is C10H11F2NO3. The lowest BCUT2D eigenvalue weighted by molar-refractivity contribution is -0.140. The average molecular weight is 231 g/mol. The van der Waals surface area contributed by atoms with Crippen LogP contribution < -0.4 is 5.73 Å². The molecule has 0 aliphatic carbocycles. The molecule has 2 atom stereocenters. The van der Waals surface area contributed by atoms with Crippen LogP contribution in [-0.4, -0.2) is 28.6 Å². The first-order valence-electron chi connectivity index (χ1n) is 4.49. The van der Waals surface area contributed by atoms with Gasteiger partial charge in [-0.3, -0.25) is 4.79 Å². The molecule has 0 unspecified atom stereocenters. The van der Waals surface area contributed by atoms with Crippen molar-refractivity contribution >= 4 is 5.97 Å². The fraction of sp³-hybridized carbons (Fsp3) is 0.300. The largest absolute Gasteiger partial charge is 0.508 e. The van der Waals surface area contributed by atoms with E-state index < -0.39 is 24.4 Å². The monoisotopic (exact) mass is 231 g/mol. The van der Waals surface area contributed by atoms with E-state index in [0.29, 0.717) is 0 Å². The molecule has 0 fully saturated rings. The van der Waals surface area contributed by atoms with Crippen LogP contribution in [0.2, 0.25) is 0 Å². The summed E-state index contributed by atoms with van der Waals surface area (Å²) in [5.74, 6) is -3.35. The van der Waals surface area contributed by atoms with Crippen molar-refractivity contribution in [2.75, 3.05) is 0 Å². The highest BCUT2D eigenvalue weighted by molar-refractivity contribution is 5.74. The number of carboxylic acid groups (broad SMARTS) is 1. The van der Waals surface area contributed by atoms with Crippen molar-refractivity contribution in [1.82, 2.24) is 0 Å². The predicted molar refractivity (Wildman–Crippen MR) is 52.5 cm³/mol. The zero-order chi connectivity index (χ0) is 12.3. The van der Waals surface area contributed by atoms with E-state index in [0.717, 1.165) is 6.07 Å². The fourth-order valence-corrected chi connectivity index (χ4v) is 1.40. The molecule has 0 spiro atoms. The van der Waals surface area contributed by atoms with E-state index in [1.165, 1.54) is 18.2 Å². The number of carboxylic acids is 1. The molecule has 0 bridgehead atoms. The summed E-state index contributed by atoms with van der Waals surface area (Å²) in [6.45, 7) is 0. The number of aromatic hydroxyl groups is 1. The van der Waals surface area contributed by atoms with Gasteiger partial charge in [0.2, 0.25) is 6.43 Å². The van der Waals surface area contributed by atoms with Crippen LogP contribution in [-0.2, 0) is 4.79 Å². The van der Waals surface area contributed by atoms with Gasteiger partial charge in [-0.2, -0.15) is 0 Å². The van der Waals surface area contributed by atoms with Crippen LogP contribution in [0, 0.1) is 0 Å². The molecule has 0 saturated heterocycles. The minimum absolute atomic E-state index is 0.00454. The van der Waals surface area contributed by atoms with Crippen molar-refractivity contribution in [3.63, 3.8) is 0 Å². The second-order valence-electron chi connectivity index (χ2n) is 3.32. The van der Waals surface area contributed by atoms with Crippen LogP contribution in [0.5, 0.6) is 5.75 Å². The summed E-state index contributed by atoms with van der Waals surface area (Å²) in [4.78, 5) is 10.6. The molecule has 1 aromatic carbocycles. The van der Waals surface area contributed by atoms with Crippen LogP contribution in [0.25, 0.3) is 0 Å². The van der Waals surface area contributed by atoms with Gasteiger partial charge in [0.05, 0.1) is 5.92 Å². The molecule has 0 radical (unpaired) electrons. The third-order valence-electron chi connectivity index (χ3n) is 2.20. The van der Waals surface area contributed by atoms with Gasteiger partial charge in [0.1, 0.15) is 11.8 Å². The van der Waals surface area contributed by atoms with E-state index >= 15 is 0 Å². The second-order valence-corrected chi connectivity index (χ2v) is 3.32. The zero-order valence-corrected chi connectivity index (χ0v) is 8.18. The van der Waals surface area contributed by atoms with Gasteiger partial charge in [-0.25, -0.2) is 8.78 Å². The molecule has 6 heteroatoms. The summed E-state index contributed by atoms with van der Waals surface area (Å²) in [5.41, 5.74) is 5.19. The van der Waals surface area contributed by atoms with Crippen molar-refractivity contribution in [3.05, 3.63) is 29.8 Å². The number of hydrogen-bond acceptors (Lipinski definition) is 3. The number of hydrogen-bond donors (Lipinski definition) is 3. The van der Waals surface area contributed by atoms with Crippen molar-refractivity contribution in [1.29, 1.82) is 0 Å². The van der Waals surface area contributed by atoms with E-state index in [2.05, 4.69) is 0 Å². The van der Waals surface area contributed by atoms with E-state index in [-0.39, 0.29) is 11.3 Å². The Morgan fingerprint density at radius 1 is 1.38 bits per heavy atom. The van der Waals surface area contributed by atoms with Crippen molar-refractivity contribution in [2.24, 2.45) is 5.73 Å². The Labute approximate surface area is 90.3 Å². The number of phenols is 1. The highest BCUT2D eigenvalue weighted by Gasteiger charge is 2.33. The minimum Gasteiger partial charge on any atom is -0.508 e. The van der Waals surface area contributed by atoms with Gasteiger partial charge in [0, 0.05) is 0 Å². The van der Waals surface area contributed by atoms with E-state index in [4.69, 9.17) is 15.9 Å². The second kappa shape index (κ2) is 4.89. The molecule has 88 valence electrons. The molecule has 0 aliphatic heterocycles. The number of nitrogens with two attached hydrogens (primary N) is 1.